The van der Waals surface area contributed by atoms with E-state index in [9.17, 15) is 28.3 Å². The van der Waals surface area contributed by atoms with Gasteiger partial charge in [-0.25, -0.2) is 8.78 Å². The lowest BCUT2D eigenvalue weighted by Gasteiger charge is -2.33. The summed E-state index contributed by atoms with van der Waals surface area (Å²) < 4.78 is 28.0. The Kier molecular flexibility index (Phi) is 5.17. The summed E-state index contributed by atoms with van der Waals surface area (Å²) in [6.07, 6.45) is 1.21. The van der Waals surface area contributed by atoms with E-state index < -0.39 is 34.6 Å². The molecule has 0 radical (unpaired) electrons. The number of nitrogens with zero attached hydrogens (tertiary/aromatic N) is 2. The van der Waals surface area contributed by atoms with Gasteiger partial charge in [-0.15, -0.1) is 0 Å². The number of hydrogen-bond donors (Lipinski definition) is 2. The lowest BCUT2D eigenvalue weighted by molar-refractivity contribution is 0.0640. The Bertz CT molecular complexity index is 1020. The molecular weight excluding hydrogens is 372 g/mol. The van der Waals surface area contributed by atoms with Crippen LogP contribution < -0.4 is 10.7 Å². The van der Waals surface area contributed by atoms with Crippen molar-refractivity contribution >= 4 is 11.8 Å². The van der Waals surface area contributed by atoms with Crippen LogP contribution in [0.5, 0.6) is 5.75 Å². The zero-order chi connectivity index (χ0) is 20.6. The van der Waals surface area contributed by atoms with Crippen molar-refractivity contribution in [3.05, 3.63) is 63.1 Å². The number of rotatable bonds is 4. The average Bonchev–Trinajstić information content (AvgIpc) is 2.63. The molecule has 1 aromatic carbocycles. The second-order valence-corrected chi connectivity index (χ2v) is 6.77. The monoisotopic (exact) mass is 391 g/mol. The van der Waals surface area contributed by atoms with E-state index in [1.165, 1.54) is 21.7 Å². The second-order valence-electron chi connectivity index (χ2n) is 6.77. The van der Waals surface area contributed by atoms with Gasteiger partial charge >= 0.3 is 0 Å². The number of nitrogens with one attached hydrogen (secondary N) is 1. The van der Waals surface area contributed by atoms with Crippen molar-refractivity contribution in [3.63, 3.8) is 0 Å². The van der Waals surface area contributed by atoms with Gasteiger partial charge in [0.2, 0.25) is 5.43 Å². The fraction of sp³-hybridized carbons (Fsp3) is 0.316. The molecule has 148 valence electrons. The maximum absolute atomic E-state index is 13.7. The van der Waals surface area contributed by atoms with E-state index in [2.05, 4.69) is 5.32 Å². The van der Waals surface area contributed by atoms with E-state index in [4.69, 9.17) is 0 Å². The van der Waals surface area contributed by atoms with E-state index >= 15 is 0 Å². The van der Waals surface area contributed by atoms with Gasteiger partial charge in [-0.2, -0.15) is 0 Å². The highest BCUT2D eigenvalue weighted by Gasteiger charge is 2.31. The van der Waals surface area contributed by atoms with Crippen molar-refractivity contribution in [3.8, 4) is 5.75 Å². The average molecular weight is 391 g/mol. The molecule has 2 N–H and O–H groups in total. The molecule has 0 bridgehead atoms. The maximum atomic E-state index is 13.7. The minimum Gasteiger partial charge on any atom is -0.503 e. The standard InChI is InChI=1S/C19H19F2N3O4/c1-10(2)24-6-5-23-9-13(16(25)17(26)15(23)19(24)28)18(27)22-8-11-3-4-12(20)7-14(11)21/h3-4,7,9-10,26H,5-6,8H2,1-2H3,(H,22,27). The number of aromatic hydroxyl groups is 1. The Hall–Kier alpha value is -3.23. The van der Waals surface area contributed by atoms with Crippen LogP contribution in [0.15, 0.2) is 29.2 Å². The SMILES string of the molecule is CC(C)N1CCn2cc(C(=O)NCc3ccc(F)cc3F)c(=O)c(O)c2C1=O. The fourth-order valence-corrected chi connectivity index (χ4v) is 3.09. The Labute approximate surface area is 159 Å². The van der Waals surface area contributed by atoms with Crippen LogP contribution in [0.4, 0.5) is 8.78 Å². The number of carbonyl (C=O) groups is 2. The molecule has 3 rings (SSSR count). The molecule has 7 nitrogen and oxygen atoms in total. The molecule has 0 saturated heterocycles. The molecule has 2 heterocycles. The number of halogens is 2. The summed E-state index contributed by atoms with van der Waals surface area (Å²) in [5.74, 6) is -3.69. The molecule has 0 unspecified atom stereocenters. The number of benzene rings is 1. The molecule has 2 aromatic rings. The highest BCUT2D eigenvalue weighted by Crippen LogP contribution is 2.21. The minimum atomic E-state index is -0.984. The van der Waals surface area contributed by atoms with Crippen LogP contribution in [0.25, 0.3) is 0 Å². The summed E-state index contributed by atoms with van der Waals surface area (Å²) in [5, 5.41) is 12.6. The quantitative estimate of drug-likeness (QED) is 0.829. The highest BCUT2D eigenvalue weighted by atomic mass is 19.1. The molecule has 0 spiro atoms. The van der Waals surface area contributed by atoms with Crippen molar-refractivity contribution in [1.29, 1.82) is 0 Å². The van der Waals surface area contributed by atoms with Gasteiger partial charge in [0.1, 0.15) is 17.2 Å². The number of amides is 2. The van der Waals surface area contributed by atoms with Gasteiger partial charge < -0.3 is 19.9 Å². The Morgan fingerprint density at radius 1 is 1.25 bits per heavy atom. The third kappa shape index (κ3) is 3.47. The summed E-state index contributed by atoms with van der Waals surface area (Å²) in [7, 11) is 0. The summed E-state index contributed by atoms with van der Waals surface area (Å²) in [4.78, 5) is 38.8. The molecule has 0 saturated carbocycles. The fourth-order valence-electron chi connectivity index (χ4n) is 3.09. The Morgan fingerprint density at radius 2 is 1.96 bits per heavy atom. The Morgan fingerprint density at radius 3 is 2.61 bits per heavy atom. The normalized spacial score (nSPS) is 13.6. The number of aromatic nitrogens is 1. The van der Waals surface area contributed by atoms with Crippen LogP contribution in [0.3, 0.4) is 0 Å². The van der Waals surface area contributed by atoms with E-state index in [0.717, 1.165) is 6.07 Å². The van der Waals surface area contributed by atoms with E-state index in [1.54, 1.807) is 0 Å². The molecule has 1 aromatic heterocycles. The number of hydrogen-bond acceptors (Lipinski definition) is 4. The Balaban J connectivity index is 1.87. The number of fused-ring (bicyclic) bond motifs is 1. The van der Waals surface area contributed by atoms with Crippen molar-refractivity contribution in [2.75, 3.05) is 6.54 Å². The highest BCUT2D eigenvalue weighted by molar-refractivity contribution is 5.99. The summed E-state index contributed by atoms with van der Waals surface area (Å²) in [6.45, 7) is 4.04. The largest absolute Gasteiger partial charge is 0.503 e. The van der Waals surface area contributed by atoms with Crippen LogP contribution in [0.2, 0.25) is 0 Å². The van der Waals surface area contributed by atoms with Crippen LogP contribution in [0, 0.1) is 11.6 Å². The lowest BCUT2D eigenvalue weighted by atomic mass is 10.1. The topological polar surface area (TPSA) is 91.6 Å². The summed E-state index contributed by atoms with van der Waals surface area (Å²) in [6, 6.07) is 2.81. The van der Waals surface area contributed by atoms with Crippen molar-refractivity contribution < 1.29 is 23.5 Å². The molecule has 28 heavy (non-hydrogen) atoms. The zero-order valence-electron chi connectivity index (χ0n) is 15.3. The molecule has 9 heteroatoms. The summed E-state index contributed by atoms with van der Waals surface area (Å²) >= 11 is 0. The third-order valence-corrected chi connectivity index (χ3v) is 4.62. The molecule has 2 amide bonds. The van der Waals surface area contributed by atoms with Crippen LogP contribution in [-0.2, 0) is 13.1 Å². The summed E-state index contributed by atoms with van der Waals surface area (Å²) in [5.41, 5.74) is -1.47. The van der Waals surface area contributed by atoms with Crippen molar-refractivity contribution in [1.82, 2.24) is 14.8 Å². The first kappa shape index (κ1) is 19.5. The van der Waals surface area contributed by atoms with Crippen LogP contribution in [-0.4, -0.2) is 39.0 Å². The zero-order valence-corrected chi connectivity index (χ0v) is 15.3. The molecule has 1 aliphatic heterocycles. The van der Waals surface area contributed by atoms with Crippen LogP contribution >= 0.6 is 0 Å². The molecule has 0 fully saturated rings. The van der Waals surface area contributed by atoms with Gasteiger partial charge in [0, 0.05) is 43.5 Å². The van der Waals surface area contributed by atoms with Crippen molar-refractivity contribution in [2.24, 2.45) is 0 Å². The van der Waals surface area contributed by atoms with E-state index in [0.29, 0.717) is 19.2 Å². The van der Waals surface area contributed by atoms with Gasteiger partial charge in [-0.1, -0.05) is 6.07 Å². The van der Waals surface area contributed by atoms with E-state index in [-0.39, 0.29) is 29.4 Å². The molecule has 0 atom stereocenters. The predicted molar refractivity (Wildman–Crippen MR) is 96.1 cm³/mol. The first-order valence-electron chi connectivity index (χ1n) is 8.70. The smallest absolute Gasteiger partial charge is 0.274 e. The van der Waals surface area contributed by atoms with Crippen molar-refractivity contribution in [2.45, 2.75) is 33.0 Å². The van der Waals surface area contributed by atoms with Gasteiger partial charge in [-0.05, 0) is 19.9 Å². The molecular formula is C19H19F2N3O4. The van der Waals surface area contributed by atoms with Gasteiger partial charge in [0.15, 0.2) is 11.4 Å². The second kappa shape index (κ2) is 7.41. The molecule has 0 aliphatic carbocycles. The van der Waals surface area contributed by atoms with Gasteiger partial charge in [-0.3, -0.25) is 14.4 Å². The lowest BCUT2D eigenvalue weighted by Crippen LogP contribution is -2.45. The number of pyridine rings is 1. The predicted octanol–water partition coefficient (Wildman–Crippen LogP) is 1.63. The number of carbonyl (C=O) groups excluding carboxylic acids is 2. The third-order valence-electron chi connectivity index (χ3n) is 4.62. The first-order valence-corrected chi connectivity index (χ1v) is 8.70. The van der Waals surface area contributed by atoms with E-state index in [1.807, 2.05) is 13.8 Å². The minimum absolute atomic E-state index is 0.0415. The van der Waals surface area contributed by atoms with Crippen LogP contribution in [0.1, 0.15) is 40.3 Å². The maximum Gasteiger partial charge on any atom is 0.274 e. The van der Waals surface area contributed by atoms with Gasteiger partial charge in [0.25, 0.3) is 11.8 Å². The first-order chi connectivity index (χ1) is 13.2. The molecule has 1 aliphatic rings. The van der Waals surface area contributed by atoms with Gasteiger partial charge in [0.05, 0.1) is 0 Å².